The molecule has 1 unspecified atom stereocenters. The molecule has 1 aromatic heterocycles. The van der Waals surface area contributed by atoms with E-state index in [1.807, 2.05) is 11.3 Å². The smallest absolute Gasteiger partial charge is 0.0808 e. The highest BCUT2D eigenvalue weighted by atomic mass is 32.1. The van der Waals surface area contributed by atoms with Crippen LogP contribution in [-0.2, 0) is 22.6 Å². The highest BCUT2D eigenvalue weighted by Crippen LogP contribution is 2.23. The maximum Gasteiger partial charge on any atom is 0.0808 e. The maximum absolute atomic E-state index is 5.86. The Morgan fingerprint density at radius 3 is 3.00 bits per heavy atom. The molecular weight excluding hydrogens is 282 g/mol. The lowest BCUT2D eigenvalue weighted by Gasteiger charge is -2.22. The summed E-state index contributed by atoms with van der Waals surface area (Å²) in [6.45, 7) is 11.0. The van der Waals surface area contributed by atoms with Gasteiger partial charge in [0.05, 0.1) is 19.3 Å². The largest absolute Gasteiger partial charge is 0.376 e. The lowest BCUT2D eigenvalue weighted by Crippen LogP contribution is -2.24. The van der Waals surface area contributed by atoms with Crippen LogP contribution in [0.3, 0.4) is 0 Å². The van der Waals surface area contributed by atoms with Crippen molar-refractivity contribution in [1.29, 1.82) is 0 Å². The zero-order valence-corrected chi connectivity index (χ0v) is 14.4. The predicted octanol–water partition coefficient (Wildman–Crippen LogP) is 3.89. The summed E-state index contributed by atoms with van der Waals surface area (Å²) < 4.78 is 11.6. The van der Waals surface area contributed by atoms with Crippen LogP contribution in [0.2, 0.25) is 0 Å². The van der Waals surface area contributed by atoms with Gasteiger partial charge < -0.3 is 14.8 Å². The zero-order chi connectivity index (χ0) is 15.1. The molecule has 2 rings (SSSR count). The Morgan fingerprint density at radius 2 is 2.29 bits per heavy atom. The molecule has 1 aromatic rings. The Morgan fingerprint density at radius 1 is 1.43 bits per heavy atom. The van der Waals surface area contributed by atoms with Gasteiger partial charge in [-0.2, -0.15) is 0 Å². The number of thiophene rings is 1. The minimum atomic E-state index is 0.310. The third-order valence-electron chi connectivity index (χ3n) is 3.76. The number of hydrogen-bond acceptors (Lipinski definition) is 4. The monoisotopic (exact) mass is 311 g/mol. The maximum atomic E-state index is 5.86. The highest BCUT2D eigenvalue weighted by molar-refractivity contribution is 7.12. The minimum Gasteiger partial charge on any atom is -0.376 e. The second-order valence-electron chi connectivity index (χ2n) is 6.32. The Kier molecular flexibility index (Phi) is 7.17. The normalized spacial score (nSPS) is 19.3. The third kappa shape index (κ3) is 6.07. The summed E-state index contributed by atoms with van der Waals surface area (Å²) in [6, 6.07) is 2.29. The minimum absolute atomic E-state index is 0.310. The first-order chi connectivity index (χ1) is 10.1. The Balaban J connectivity index is 1.71. The molecule has 21 heavy (non-hydrogen) atoms. The molecule has 1 N–H and O–H groups in total. The summed E-state index contributed by atoms with van der Waals surface area (Å²) in [5.41, 5.74) is 1.33. The van der Waals surface area contributed by atoms with Gasteiger partial charge >= 0.3 is 0 Å². The molecule has 0 saturated carbocycles. The molecule has 0 aromatic carbocycles. The van der Waals surface area contributed by atoms with Gasteiger partial charge in [0, 0.05) is 22.9 Å². The molecule has 0 bridgehead atoms. The Bertz CT molecular complexity index is 411. The first-order valence-electron chi connectivity index (χ1n) is 8.13. The van der Waals surface area contributed by atoms with E-state index < -0.39 is 0 Å². The van der Waals surface area contributed by atoms with E-state index in [1.165, 1.54) is 28.2 Å². The Labute approximate surface area is 133 Å². The highest BCUT2D eigenvalue weighted by Gasteiger charge is 2.14. The average molecular weight is 311 g/mol. The van der Waals surface area contributed by atoms with Crippen LogP contribution in [0.25, 0.3) is 0 Å². The third-order valence-corrected chi connectivity index (χ3v) is 4.85. The first kappa shape index (κ1) is 16.9. The van der Waals surface area contributed by atoms with Crippen molar-refractivity contribution in [2.45, 2.75) is 59.3 Å². The fraction of sp³-hybridized carbons (Fsp3) is 0.765. The van der Waals surface area contributed by atoms with Gasteiger partial charge in [-0.05, 0) is 50.3 Å². The molecule has 0 radical (unpaired) electrons. The van der Waals surface area contributed by atoms with Crippen molar-refractivity contribution in [2.24, 2.45) is 5.92 Å². The van der Waals surface area contributed by atoms with E-state index in [0.717, 1.165) is 32.7 Å². The number of ether oxygens (including phenoxy) is 2. The molecule has 1 aliphatic heterocycles. The molecule has 4 heteroatoms. The van der Waals surface area contributed by atoms with E-state index in [1.54, 1.807) is 0 Å². The van der Waals surface area contributed by atoms with Gasteiger partial charge in [0.1, 0.15) is 0 Å². The van der Waals surface area contributed by atoms with Crippen LogP contribution in [0.15, 0.2) is 6.07 Å². The van der Waals surface area contributed by atoms with E-state index in [0.29, 0.717) is 18.6 Å². The van der Waals surface area contributed by atoms with Gasteiger partial charge in [-0.1, -0.05) is 13.8 Å². The van der Waals surface area contributed by atoms with Crippen LogP contribution in [0.5, 0.6) is 0 Å². The second-order valence-corrected chi connectivity index (χ2v) is 7.66. The van der Waals surface area contributed by atoms with Crippen molar-refractivity contribution in [3.63, 3.8) is 0 Å². The quantitative estimate of drug-likeness (QED) is 0.790. The van der Waals surface area contributed by atoms with Gasteiger partial charge in [-0.15, -0.1) is 11.3 Å². The molecule has 0 spiro atoms. The summed E-state index contributed by atoms with van der Waals surface area (Å²) in [6.07, 6.45) is 3.93. The lowest BCUT2D eigenvalue weighted by molar-refractivity contribution is -0.0447. The van der Waals surface area contributed by atoms with E-state index in [-0.39, 0.29) is 0 Å². The molecule has 1 atom stereocenters. The fourth-order valence-corrected chi connectivity index (χ4v) is 3.56. The second kappa shape index (κ2) is 8.89. The standard InChI is InChI=1S/C17H29NO2S/c1-13(2)9-18-10-17-8-15(14(3)21-17)11-19-12-16-6-4-5-7-20-16/h8,13,16,18H,4-7,9-12H2,1-3H3. The van der Waals surface area contributed by atoms with Crippen molar-refractivity contribution in [1.82, 2.24) is 5.32 Å². The van der Waals surface area contributed by atoms with Crippen LogP contribution in [0.1, 0.15) is 48.4 Å². The molecule has 0 amide bonds. The van der Waals surface area contributed by atoms with E-state index in [4.69, 9.17) is 9.47 Å². The molecule has 1 aliphatic rings. The lowest BCUT2D eigenvalue weighted by atomic mass is 10.1. The van der Waals surface area contributed by atoms with Crippen LogP contribution in [0.4, 0.5) is 0 Å². The molecule has 2 heterocycles. The zero-order valence-electron chi connectivity index (χ0n) is 13.6. The summed E-state index contributed by atoms with van der Waals surface area (Å²) >= 11 is 1.88. The summed E-state index contributed by atoms with van der Waals surface area (Å²) in [5, 5.41) is 3.50. The topological polar surface area (TPSA) is 30.5 Å². The molecule has 0 aliphatic carbocycles. The van der Waals surface area contributed by atoms with Gasteiger partial charge in [0.2, 0.25) is 0 Å². The fourth-order valence-electron chi connectivity index (χ4n) is 2.54. The SMILES string of the molecule is Cc1sc(CNCC(C)C)cc1COCC1CCCCO1. The van der Waals surface area contributed by atoms with E-state index in [9.17, 15) is 0 Å². The molecule has 3 nitrogen and oxygen atoms in total. The molecule has 1 saturated heterocycles. The molecule has 1 fully saturated rings. The number of rotatable bonds is 8. The van der Waals surface area contributed by atoms with Gasteiger partial charge in [0.25, 0.3) is 0 Å². The first-order valence-corrected chi connectivity index (χ1v) is 8.95. The van der Waals surface area contributed by atoms with Crippen molar-refractivity contribution in [3.05, 3.63) is 21.4 Å². The van der Waals surface area contributed by atoms with Crippen molar-refractivity contribution in [3.8, 4) is 0 Å². The predicted molar refractivity (Wildman–Crippen MR) is 88.8 cm³/mol. The van der Waals surface area contributed by atoms with Gasteiger partial charge in [0.15, 0.2) is 0 Å². The van der Waals surface area contributed by atoms with Crippen LogP contribution in [-0.4, -0.2) is 25.9 Å². The summed E-state index contributed by atoms with van der Waals surface area (Å²) in [7, 11) is 0. The van der Waals surface area contributed by atoms with Crippen LogP contribution in [0, 0.1) is 12.8 Å². The van der Waals surface area contributed by atoms with E-state index >= 15 is 0 Å². The number of nitrogens with one attached hydrogen (secondary N) is 1. The Hall–Kier alpha value is -0.420. The van der Waals surface area contributed by atoms with Crippen molar-refractivity contribution < 1.29 is 9.47 Å². The van der Waals surface area contributed by atoms with Gasteiger partial charge in [-0.25, -0.2) is 0 Å². The van der Waals surface area contributed by atoms with Crippen molar-refractivity contribution >= 4 is 11.3 Å². The summed E-state index contributed by atoms with van der Waals surface area (Å²) in [5.74, 6) is 0.698. The number of hydrogen-bond donors (Lipinski definition) is 1. The average Bonchev–Trinajstić information content (AvgIpc) is 2.80. The van der Waals surface area contributed by atoms with Crippen LogP contribution < -0.4 is 5.32 Å². The summed E-state index contributed by atoms with van der Waals surface area (Å²) in [4.78, 5) is 2.78. The van der Waals surface area contributed by atoms with Crippen LogP contribution >= 0.6 is 11.3 Å². The molecule has 120 valence electrons. The van der Waals surface area contributed by atoms with E-state index in [2.05, 4.69) is 32.2 Å². The van der Waals surface area contributed by atoms with Crippen molar-refractivity contribution in [2.75, 3.05) is 19.8 Å². The van der Waals surface area contributed by atoms with Gasteiger partial charge in [-0.3, -0.25) is 0 Å². The molecular formula is C17H29NO2S. The number of aryl methyl sites for hydroxylation is 1.